The van der Waals surface area contributed by atoms with E-state index in [0.717, 1.165) is 25.1 Å². The second-order valence-electron chi connectivity index (χ2n) is 5.76. The molecule has 1 amide bonds. The van der Waals surface area contributed by atoms with Crippen LogP contribution in [0, 0.1) is 24.7 Å². The van der Waals surface area contributed by atoms with Crippen molar-refractivity contribution in [3.05, 3.63) is 28.2 Å². The molecule has 2 aliphatic rings. The number of nitrogens with zero attached hydrogens (tertiary/aromatic N) is 2. The van der Waals surface area contributed by atoms with Crippen molar-refractivity contribution < 1.29 is 4.79 Å². The van der Waals surface area contributed by atoms with Crippen molar-refractivity contribution in [2.75, 3.05) is 13.6 Å². The Balaban J connectivity index is 1.56. The van der Waals surface area contributed by atoms with Crippen molar-refractivity contribution in [3.8, 4) is 0 Å². The molecule has 3 atom stereocenters. The zero-order valence-electron chi connectivity index (χ0n) is 11.5. The van der Waals surface area contributed by atoms with Gasteiger partial charge in [-0.15, -0.1) is 11.3 Å². The molecular formula is C15H20N2OS. The van der Waals surface area contributed by atoms with Crippen molar-refractivity contribution in [2.45, 2.75) is 26.2 Å². The number of likely N-dealkylation sites (N-methyl/N-ethyl adjacent to an activating group) is 1. The number of thiazole rings is 1. The van der Waals surface area contributed by atoms with Gasteiger partial charge in [-0.1, -0.05) is 12.2 Å². The summed E-state index contributed by atoms with van der Waals surface area (Å²) in [6.45, 7) is 2.84. The second kappa shape index (κ2) is 5.08. The van der Waals surface area contributed by atoms with Crippen LogP contribution in [0.3, 0.4) is 0 Å². The highest BCUT2D eigenvalue weighted by Gasteiger charge is 2.40. The fourth-order valence-corrected chi connectivity index (χ4v) is 4.06. The zero-order chi connectivity index (χ0) is 13.4. The van der Waals surface area contributed by atoms with Gasteiger partial charge in [0.25, 0.3) is 0 Å². The van der Waals surface area contributed by atoms with Gasteiger partial charge >= 0.3 is 0 Å². The van der Waals surface area contributed by atoms with E-state index in [2.05, 4.69) is 17.1 Å². The SMILES string of the molecule is Cc1ncsc1CCN(C)C(=O)[C@@H]1C[C@@H]2C=C[C@H]1C2. The van der Waals surface area contributed by atoms with E-state index in [1.54, 1.807) is 11.3 Å². The first-order chi connectivity index (χ1) is 9.15. The first kappa shape index (κ1) is 12.9. The lowest BCUT2D eigenvalue weighted by Gasteiger charge is -2.24. The van der Waals surface area contributed by atoms with Gasteiger partial charge in [-0.3, -0.25) is 4.79 Å². The molecule has 1 fully saturated rings. The summed E-state index contributed by atoms with van der Waals surface area (Å²) in [6.07, 6.45) is 7.71. The smallest absolute Gasteiger partial charge is 0.226 e. The maximum atomic E-state index is 12.5. The lowest BCUT2D eigenvalue weighted by molar-refractivity contribution is -0.134. The third-order valence-electron chi connectivity index (χ3n) is 4.49. The monoisotopic (exact) mass is 276 g/mol. The molecule has 0 spiro atoms. The Morgan fingerprint density at radius 1 is 1.47 bits per heavy atom. The Hall–Kier alpha value is -1.16. The van der Waals surface area contributed by atoms with Crippen LogP contribution in [0.4, 0.5) is 0 Å². The number of hydrogen-bond acceptors (Lipinski definition) is 3. The van der Waals surface area contributed by atoms with E-state index in [4.69, 9.17) is 0 Å². The molecule has 0 N–H and O–H groups in total. The number of fused-ring (bicyclic) bond motifs is 2. The minimum absolute atomic E-state index is 0.238. The average molecular weight is 276 g/mol. The molecule has 2 aliphatic carbocycles. The number of aromatic nitrogens is 1. The van der Waals surface area contributed by atoms with Gasteiger partial charge in [-0.05, 0) is 31.6 Å². The standard InChI is InChI=1S/C15H20N2OS/c1-10-14(19-9-16-10)5-6-17(2)15(18)13-8-11-3-4-12(13)7-11/h3-4,9,11-13H,5-8H2,1-2H3/t11-,12+,13-/m1/s1. The van der Waals surface area contributed by atoms with Crippen LogP contribution in [-0.4, -0.2) is 29.4 Å². The van der Waals surface area contributed by atoms with Gasteiger partial charge in [-0.2, -0.15) is 0 Å². The van der Waals surface area contributed by atoms with Crippen molar-refractivity contribution >= 4 is 17.2 Å². The van der Waals surface area contributed by atoms with Crippen LogP contribution in [0.2, 0.25) is 0 Å². The first-order valence-corrected chi connectivity index (χ1v) is 7.85. The second-order valence-corrected chi connectivity index (χ2v) is 6.70. The number of hydrogen-bond donors (Lipinski definition) is 0. The van der Waals surface area contributed by atoms with Gasteiger partial charge in [0.05, 0.1) is 11.2 Å². The quantitative estimate of drug-likeness (QED) is 0.792. The Morgan fingerprint density at radius 2 is 2.32 bits per heavy atom. The largest absolute Gasteiger partial charge is 0.345 e. The maximum absolute atomic E-state index is 12.5. The van der Waals surface area contributed by atoms with Crippen LogP contribution < -0.4 is 0 Å². The van der Waals surface area contributed by atoms with E-state index in [9.17, 15) is 4.79 Å². The Kier molecular flexibility index (Phi) is 3.44. The van der Waals surface area contributed by atoms with Gasteiger partial charge in [0, 0.05) is 30.8 Å². The fraction of sp³-hybridized carbons (Fsp3) is 0.600. The summed E-state index contributed by atoms with van der Waals surface area (Å²) >= 11 is 1.69. The molecule has 1 saturated carbocycles. The van der Waals surface area contributed by atoms with Gasteiger partial charge in [0.15, 0.2) is 0 Å². The minimum atomic E-state index is 0.238. The molecule has 4 heteroatoms. The zero-order valence-corrected chi connectivity index (χ0v) is 12.3. The molecule has 3 nitrogen and oxygen atoms in total. The highest BCUT2D eigenvalue weighted by molar-refractivity contribution is 7.09. The van der Waals surface area contributed by atoms with Crippen molar-refractivity contribution in [2.24, 2.45) is 17.8 Å². The summed E-state index contributed by atoms with van der Waals surface area (Å²) in [6, 6.07) is 0. The molecule has 1 aromatic heterocycles. The normalized spacial score (nSPS) is 28.0. The molecule has 1 heterocycles. The van der Waals surface area contributed by atoms with E-state index < -0.39 is 0 Å². The fourth-order valence-electron chi connectivity index (χ4n) is 3.29. The Morgan fingerprint density at radius 3 is 2.89 bits per heavy atom. The number of carbonyl (C=O) groups excluding carboxylic acids is 1. The topological polar surface area (TPSA) is 33.2 Å². The molecule has 0 aromatic carbocycles. The molecule has 0 saturated heterocycles. The summed E-state index contributed by atoms with van der Waals surface area (Å²) < 4.78 is 0. The summed E-state index contributed by atoms with van der Waals surface area (Å²) in [5.41, 5.74) is 2.99. The maximum Gasteiger partial charge on any atom is 0.226 e. The summed E-state index contributed by atoms with van der Waals surface area (Å²) in [4.78, 5) is 19.9. The summed E-state index contributed by atoms with van der Waals surface area (Å²) in [7, 11) is 1.94. The lowest BCUT2D eigenvalue weighted by atomic mass is 9.92. The van der Waals surface area contributed by atoms with E-state index in [0.29, 0.717) is 17.7 Å². The predicted molar refractivity (Wildman–Crippen MR) is 77.0 cm³/mol. The molecule has 19 heavy (non-hydrogen) atoms. The Labute approximate surface area is 118 Å². The summed E-state index contributed by atoms with van der Waals surface area (Å²) in [5, 5.41) is 0. The highest BCUT2D eigenvalue weighted by Crippen LogP contribution is 2.44. The van der Waals surface area contributed by atoms with Crippen molar-refractivity contribution in [1.82, 2.24) is 9.88 Å². The highest BCUT2D eigenvalue weighted by atomic mass is 32.1. The predicted octanol–water partition coefficient (Wildman–Crippen LogP) is 2.66. The number of carbonyl (C=O) groups is 1. The first-order valence-electron chi connectivity index (χ1n) is 6.97. The molecule has 3 rings (SSSR count). The van der Waals surface area contributed by atoms with Crippen LogP contribution in [0.25, 0.3) is 0 Å². The number of rotatable bonds is 4. The Bertz CT molecular complexity index is 508. The molecule has 102 valence electrons. The van der Waals surface area contributed by atoms with Crippen molar-refractivity contribution in [1.29, 1.82) is 0 Å². The van der Waals surface area contributed by atoms with Gasteiger partial charge in [0.1, 0.15) is 0 Å². The third kappa shape index (κ3) is 2.46. The van der Waals surface area contributed by atoms with Gasteiger partial charge in [-0.25, -0.2) is 4.98 Å². The third-order valence-corrected chi connectivity index (χ3v) is 5.49. The van der Waals surface area contributed by atoms with Crippen LogP contribution in [0.1, 0.15) is 23.4 Å². The van der Waals surface area contributed by atoms with Crippen LogP contribution in [0.5, 0.6) is 0 Å². The number of amides is 1. The van der Waals surface area contributed by atoms with E-state index >= 15 is 0 Å². The van der Waals surface area contributed by atoms with Crippen LogP contribution in [0.15, 0.2) is 17.7 Å². The minimum Gasteiger partial charge on any atom is -0.345 e. The summed E-state index contributed by atoms with van der Waals surface area (Å²) in [5.74, 6) is 1.74. The van der Waals surface area contributed by atoms with Crippen LogP contribution in [-0.2, 0) is 11.2 Å². The average Bonchev–Trinajstić information content (AvgIpc) is 3.11. The van der Waals surface area contributed by atoms with E-state index in [1.165, 1.54) is 11.3 Å². The number of allylic oxidation sites excluding steroid dienone is 2. The molecule has 2 bridgehead atoms. The van der Waals surface area contributed by atoms with E-state index in [1.807, 2.05) is 24.4 Å². The lowest BCUT2D eigenvalue weighted by Crippen LogP contribution is -2.36. The van der Waals surface area contributed by atoms with E-state index in [-0.39, 0.29) is 5.92 Å². The van der Waals surface area contributed by atoms with Crippen molar-refractivity contribution in [3.63, 3.8) is 0 Å². The number of aryl methyl sites for hydroxylation is 1. The molecule has 0 radical (unpaired) electrons. The van der Waals surface area contributed by atoms with Gasteiger partial charge < -0.3 is 4.90 Å². The van der Waals surface area contributed by atoms with Gasteiger partial charge in [0.2, 0.25) is 5.91 Å². The van der Waals surface area contributed by atoms with Crippen LogP contribution >= 0.6 is 11.3 Å². The molecular weight excluding hydrogens is 256 g/mol. The molecule has 1 aromatic rings. The molecule has 0 aliphatic heterocycles. The molecule has 0 unspecified atom stereocenters.